The van der Waals surface area contributed by atoms with Crippen molar-refractivity contribution in [2.75, 3.05) is 0 Å². The normalized spacial score (nSPS) is 13.2. The third-order valence-corrected chi connectivity index (χ3v) is 5.29. The maximum absolute atomic E-state index is 12.7. The number of carbonyl (C=O) groups is 1. The van der Waals surface area contributed by atoms with Crippen LogP contribution >= 0.6 is 0 Å². The van der Waals surface area contributed by atoms with Crippen molar-refractivity contribution < 1.29 is 13.2 Å². The monoisotopic (exact) mass is 306 g/mol. The number of carbonyl (C=O) groups excluding carboxylic acids is 1. The van der Waals surface area contributed by atoms with Gasteiger partial charge in [-0.2, -0.15) is 0 Å². The van der Waals surface area contributed by atoms with Gasteiger partial charge in [0.15, 0.2) is 15.6 Å². The van der Waals surface area contributed by atoms with E-state index in [1.54, 1.807) is 30.4 Å². The minimum absolute atomic E-state index is 0.201. The first-order valence-electron chi connectivity index (χ1n) is 7.11. The van der Waals surface area contributed by atoms with Crippen LogP contribution < -0.4 is 0 Å². The van der Waals surface area contributed by atoms with Crippen LogP contribution in [0.1, 0.15) is 32.6 Å². The number of hydrogen-bond acceptors (Lipinski definition) is 3. The van der Waals surface area contributed by atoms with Gasteiger partial charge in [0.2, 0.25) is 0 Å². The van der Waals surface area contributed by atoms with E-state index < -0.39 is 15.1 Å². The summed E-state index contributed by atoms with van der Waals surface area (Å²) in [5, 5.41) is -1.01. The Kier molecular flexibility index (Phi) is 7.09. The minimum atomic E-state index is -3.65. The highest BCUT2D eigenvalue weighted by molar-refractivity contribution is 7.92. The molecule has 0 fully saturated rings. The van der Waals surface area contributed by atoms with Crippen molar-refractivity contribution in [2.24, 2.45) is 0 Å². The molecule has 0 aliphatic heterocycles. The first kappa shape index (κ1) is 17.4. The van der Waals surface area contributed by atoms with E-state index in [0.29, 0.717) is 6.42 Å². The number of ketones is 1. The van der Waals surface area contributed by atoms with Gasteiger partial charge in [0.25, 0.3) is 0 Å². The zero-order valence-electron chi connectivity index (χ0n) is 12.4. The first-order valence-corrected chi connectivity index (χ1v) is 8.66. The molecule has 0 aliphatic rings. The molecule has 0 radical (unpaired) electrons. The SMILES string of the molecule is C=CCCC(=O)C(CC=CCC)S(=O)(=O)c1ccccc1. The molecule has 1 unspecified atom stereocenters. The van der Waals surface area contributed by atoms with Crippen LogP contribution in [0.25, 0.3) is 0 Å². The smallest absolute Gasteiger partial charge is 0.188 e. The molecule has 114 valence electrons. The van der Waals surface area contributed by atoms with E-state index in [9.17, 15) is 13.2 Å². The van der Waals surface area contributed by atoms with Gasteiger partial charge >= 0.3 is 0 Å². The molecular weight excluding hydrogens is 284 g/mol. The Morgan fingerprint density at radius 2 is 1.90 bits per heavy atom. The van der Waals surface area contributed by atoms with Gasteiger partial charge in [-0.15, -0.1) is 6.58 Å². The van der Waals surface area contributed by atoms with Gasteiger partial charge in [-0.1, -0.05) is 43.4 Å². The molecule has 4 heteroatoms. The molecule has 1 rings (SSSR count). The van der Waals surface area contributed by atoms with Crippen LogP contribution in [0.4, 0.5) is 0 Å². The maximum Gasteiger partial charge on any atom is 0.188 e. The van der Waals surface area contributed by atoms with Crippen molar-refractivity contribution in [3.63, 3.8) is 0 Å². The molecule has 0 aliphatic carbocycles. The van der Waals surface area contributed by atoms with Crippen molar-refractivity contribution in [1.29, 1.82) is 0 Å². The number of hydrogen-bond donors (Lipinski definition) is 0. The maximum atomic E-state index is 12.7. The van der Waals surface area contributed by atoms with Gasteiger partial charge in [-0.25, -0.2) is 8.42 Å². The van der Waals surface area contributed by atoms with E-state index in [0.717, 1.165) is 6.42 Å². The summed E-state index contributed by atoms with van der Waals surface area (Å²) in [5.74, 6) is -0.250. The van der Waals surface area contributed by atoms with Crippen LogP contribution in [0.5, 0.6) is 0 Å². The molecule has 3 nitrogen and oxygen atoms in total. The number of rotatable bonds is 9. The second-order valence-electron chi connectivity index (χ2n) is 4.76. The molecule has 0 amide bonds. The fourth-order valence-corrected chi connectivity index (χ4v) is 3.69. The minimum Gasteiger partial charge on any atom is -0.298 e. The van der Waals surface area contributed by atoms with Crippen LogP contribution in [-0.2, 0) is 14.6 Å². The van der Waals surface area contributed by atoms with Gasteiger partial charge in [-0.3, -0.25) is 4.79 Å². The average molecular weight is 306 g/mol. The van der Waals surface area contributed by atoms with Gasteiger partial charge in [0.05, 0.1) is 4.90 Å². The van der Waals surface area contributed by atoms with Crippen molar-refractivity contribution in [2.45, 2.75) is 42.8 Å². The topological polar surface area (TPSA) is 51.2 Å². The molecular formula is C17H22O3S. The average Bonchev–Trinajstić information content (AvgIpc) is 2.50. The Bertz CT molecular complexity index is 586. The Hall–Kier alpha value is -1.68. The quantitative estimate of drug-likeness (QED) is 0.653. The van der Waals surface area contributed by atoms with Crippen LogP contribution in [0, 0.1) is 0 Å². The van der Waals surface area contributed by atoms with Crippen LogP contribution in [0.3, 0.4) is 0 Å². The summed E-state index contributed by atoms with van der Waals surface area (Å²) < 4.78 is 25.3. The molecule has 0 N–H and O–H groups in total. The van der Waals surface area contributed by atoms with Gasteiger partial charge < -0.3 is 0 Å². The van der Waals surface area contributed by atoms with E-state index in [4.69, 9.17) is 0 Å². The summed E-state index contributed by atoms with van der Waals surface area (Å²) in [6.45, 7) is 5.54. The third-order valence-electron chi connectivity index (χ3n) is 3.15. The standard InChI is InChI=1S/C17H22O3S/c1-3-5-8-14-17(16(18)13-6-4-2)21(19,20)15-11-9-7-10-12-15/h4-5,7-12,17H,2-3,6,13-14H2,1H3. The molecule has 0 saturated heterocycles. The Labute approximate surface area is 127 Å². The molecule has 0 spiro atoms. The molecule has 21 heavy (non-hydrogen) atoms. The summed E-state index contributed by atoms with van der Waals surface area (Å²) >= 11 is 0. The number of sulfone groups is 1. The Morgan fingerprint density at radius 1 is 1.24 bits per heavy atom. The fraction of sp³-hybridized carbons (Fsp3) is 0.353. The van der Waals surface area contributed by atoms with Gasteiger partial charge in [0.1, 0.15) is 5.25 Å². The third kappa shape index (κ3) is 4.97. The number of Topliss-reactive ketones (excluding diaryl/α,β-unsaturated/α-hetero) is 1. The highest BCUT2D eigenvalue weighted by Crippen LogP contribution is 2.21. The van der Waals surface area contributed by atoms with Gasteiger partial charge in [-0.05, 0) is 31.4 Å². The predicted molar refractivity (Wildman–Crippen MR) is 85.9 cm³/mol. The van der Waals surface area contributed by atoms with Crippen molar-refractivity contribution in [3.05, 3.63) is 55.1 Å². The fourth-order valence-electron chi connectivity index (χ4n) is 2.00. The van der Waals surface area contributed by atoms with Crippen LogP contribution in [0.2, 0.25) is 0 Å². The molecule has 1 aromatic carbocycles. The van der Waals surface area contributed by atoms with E-state index in [2.05, 4.69) is 6.58 Å². The lowest BCUT2D eigenvalue weighted by Crippen LogP contribution is -2.30. The molecule has 0 heterocycles. The summed E-state index contributed by atoms with van der Waals surface area (Å²) in [7, 11) is -3.65. The molecule has 0 saturated carbocycles. The van der Waals surface area contributed by atoms with Gasteiger partial charge in [0, 0.05) is 6.42 Å². The van der Waals surface area contributed by atoms with E-state index in [-0.39, 0.29) is 23.5 Å². The van der Waals surface area contributed by atoms with Crippen LogP contribution in [0.15, 0.2) is 60.0 Å². The summed E-state index contributed by atoms with van der Waals surface area (Å²) in [5.41, 5.74) is 0. The molecule has 1 atom stereocenters. The highest BCUT2D eigenvalue weighted by atomic mass is 32.2. The molecule has 1 aromatic rings. The zero-order valence-corrected chi connectivity index (χ0v) is 13.2. The Morgan fingerprint density at radius 3 is 2.48 bits per heavy atom. The summed E-state index contributed by atoms with van der Waals surface area (Å²) in [4.78, 5) is 12.5. The van der Waals surface area contributed by atoms with Crippen LogP contribution in [-0.4, -0.2) is 19.5 Å². The van der Waals surface area contributed by atoms with Crippen molar-refractivity contribution >= 4 is 15.6 Å². The zero-order chi connectivity index (χ0) is 15.7. The lowest BCUT2D eigenvalue weighted by Gasteiger charge is -2.15. The number of allylic oxidation sites excluding steroid dienone is 3. The van der Waals surface area contributed by atoms with Crippen molar-refractivity contribution in [3.8, 4) is 0 Å². The first-order chi connectivity index (χ1) is 10.0. The van der Waals surface area contributed by atoms with E-state index in [1.165, 1.54) is 12.1 Å². The predicted octanol–water partition coefficient (Wildman–Crippen LogP) is 3.72. The molecule has 0 bridgehead atoms. The number of benzene rings is 1. The summed E-state index contributed by atoms with van der Waals surface area (Å²) in [6.07, 6.45) is 7.04. The van der Waals surface area contributed by atoms with E-state index >= 15 is 0 Å². The second kappa shape index (κ2) is 8.57. The van der Waals surface area contributed by atoms with Crippen molar-refractivity contribution in [1.82, 2.24) is 0 Å². The lowest BCUT2D eigenvalue weighted by molar-refractivity contribution is -0.118. The Balaban J connectivity index is 3.07. The highest BCUT2D eigenvalue weighted by Gasteiger charge is 2.31. The lowest BCUT2D eigenvalue weighted by atomic mass is 10.1. The summed E-state index contributed by atoms with van der Waals surface area (Å²) in [6, 6.07) is 8.16. The van der Waals surface area contributed by atoms with E-state index in [1.807, 2.05) is 13.0 Å². The molecule has 0 aromatic heterocycles. The second-order valence-corrected chi connectivity index (χ2v) is 6.89. The largest absolute Gasteiger partial charge is 0.298 e.